The van der Waals surface area contributed by atoms with Crippen LogP contribution in [0.3, 0.4) is 0 Å². The van der Waals surface area contributed by atoms with Crippen LogP contribution < -0.4 is 0 Å². The van der Waals surface area contributed by atoms with E-state index in [0.717, 1.165) is 24.8 Å². The summed E-state index contributed by atoms with van der Waals surface area (Å²) < 4.78 is 26.4. The van der Waals surface area contributed by atoms with Gasteiger partial charge in [0.1, 0.15) is 11.6 Å². The summed E-state index contributed by atoms with van der Waals surface area (Å²) in [7, 11) is 0. The number of hydrogen-bond acceptors (Lipinski definition) is 0. The highest BCUT2D eigenvalue weighted by Gasteiger charge is 2.19. The molecule has 0 atom stereocenters. The lowest BCUT2D eigenvalue weighted by Gasteiger charge is -2.25. The first-order valence-corrected chi connectivity index (χ1v) is 9.15. The van der Waals surface area contributed by atoms with Gasteiger partial charge in [0.25, 0.3) is 0 Å². The number of rotatable bonds is 6. The fourth-order valence-electron chi connectivity index (χ4n) is 3.40. The molecule has 2 rings (SSSR count). The monoisotopic (exact) mass is 318 g/mol. The maximum Gasteiger partial charge on any atom is 0.141 e. The molecule has 0 nitrogen and oxygen atoms in total. The lowest BCUT2D eigenvalue weighted by atomic mass is 9.80. The Labute approximate surface area is 139 Å². The molecule has 1 fully saturated rings. The summed E-state index contributed by atoms with van der Waals surface area (Å²) in [5.74, 6) is 6.21. The van der Waals surface area contributed by atoms with Gasteiger partial charge in [-0.3, -0.25) is 0 Å². The average Bonchev–Trinajstić information content (AvgIpc) is 2.55. The lowest BCUT2D eigenvalue weighted by Crippen LogP contribution is -2.13. The minimum absolute atomic E-state index is 0.310. The predicted octanol–water partition coefficient (Wildman–Crippen LogP) is 6.48. The summed E-state index contributed by atoms with van der Waals surface area (Å²) in [6, 6.07) is 3.60. The zero-order valence-corrected chi connectivity index (χ0v) is 14.2. The van der Waals surface area contributed by atoms with Gasteiger partial charge < -0.3 is 0 Å². The molecule has 126 valence electrons. The van der Waals surface area contributed by atoms with E-state index < -0.39 is 11.6 Å². The number of benzene rings is 1. The van der Waals surface area contributed by atoms with Gasteiger partial charge in [-0.25, -0.2) is 8.78 Å². The van der Waals surface area contributed by atoms with Crippen LogP contribution in [0.4, 0.5) is 8.78 Å². The van der Waals surface area contributed by atoms with E-state index in [2.05, 4.69) is 18.8 Å². The third-order valence-electron chi connectivity index (χ3n) is 4.90. The molecule has 0 heterocycles. The molecule has 2 heteroatoms. The fourth-order valence-corrected chi connectivity index (χ4v) is 3.40. The molecule has 0 bridgehead atoms. The molecule has 0 aromatic heterocycles. The molecule has 23 heavy (non-hydrogen) atoms. The van der Waals surface area contributed by atoms with Crippen molar-refractivity contribution in [1.82, 2.24) is 0 Å². The van der Waals surface area contributed by atoms with E-state index in [4.69, 9.17) is 0 Å². The highest BCUT2D eigenvalue weighted by molar-refractivity contribution is 5.36. The molecular weight excluding hydrogens is 290 g/mol. The summed E-state index contributed by atoms with van der Waals surface area (Å²) >= 11 is 0. The first kappa shape index (κ1) is 18.0. The van der Waals surface area contributed by atoms with Crippen LogP contribution in [0.25, 0.3) is 0 Å². The number of unbranched alkanes of at least 4 members (excludes halogenated alkanes) is 4. The first-order valence-electron chi connectivity index (χ1n) is 9.15. The molecule has 0 amide bonds. The smallest absolute Gasteiger partial charge is 0.141 e. The van der Waals surface area contributed by atoms with Gasteiger partial charge in [-0.2, -0.15) is 0 Å². The van der Waals surface area contributed by atoms with E-state index in [9.17, 15) is 8.78 Å². The van der Waals surface area contributed by atoms with Gasteiger partial charge in [-0.1, -0.05) is 57.3 Å². The highest BCUT2D eigenvalue weighted by Crippen LogP contribution is 2.31. The van der Waals surface area contributed by atoms with Crippen molar-refractivity contribution in [2.24, 2.45) is 11.8 Å². The molecule has 0 unspecified atom stereocenters. The van der Waals surface area contributed by atoms with Gasteiger partial charge in [0, 0.05) is 12.0 Å². The minimum atomic E-state index is -0.557. The van der Waals surface area contributed by atoms with Crippen LogP contribution in [0.1, 0.15) is 76.7 Å². The fraction of sp³-hybridized carbons (Fsp3) is 0.619. The molecule has 1 saturated carbocycles. The largest absolute Gasteiger partial charge is 0.207 e. The van der Waals surface area contributed by atoms with Gasteiger partial charge in [-0.15, -0.1) is 0 Å². The van der Waals surface area contributed by atoms with Gasteiger partial charge in [0.2, 0.25) is 0 Å². The van der Waals surface area contributed by atoms with Crippen molar-refractivity contribution in [3.63, 3.8) is 0 Å². The Balaban J connectivity index is 1.72. The zero-order chi connectivity index (χ0) is 16.5. The van der Waals surface area contributed by atoms with Crippen molar-refractivity contribution in [1.29, 1.82) is 0 Å². The molecule has 0 N–H and O–H groups in total. The molecule has 0 saturated heterocycles. The summed E-state index contributed by atoms with van der Waals surface area (Å²) in [6.45, 7) is 2.25. The summed E-state index contributed by atoms with van der Waals surface area (Å²) in [5.41, 5.74) is 0.310. The van der Waals surface area contributed by atoms with Crippen molar-refractivity contribution in [2.75, 3.05) is 0 Å². The molecule has 0 spiro atoms. The van der Waals surface area contributed by atoms with E-state index in [1.165, 1.54) is 63.5 Å². The van der Waals surface area contributed by atoms with Gasteiger partial charge in [0.15, 0.2) is 0 Å². The Kier molecular flexibility index (Phi) is 7.59. The Hall–Kier alpha value is -1.36. The Morgan fingerprint density at radius 2 is 1.74 bits per heavy atom. The van der Waals surface area contributed by atoms with E-state index in [1.54, 1.807) is 0 Å². The maximum absolute atomic E-state index is 13.6. The van der Waals surface area contributed by atoms with Crippen LogP contribution in [0, 0.1) is 35.3 Å². The molecule has 1 aliphatic rings. The van der Waals surface area contributed by atoms with Crippen molar-refractivity contribution in [3.05, 3.63) is 35.4 Å². The van der Waals surface area contributed by atoms with E-state index >= 15 is 0 Å². The number of hydrogen-bond donors (Lipinski definition) is 0. The molecule has 1 aliphatic carbocycles. The van der Waals surface area contributed by atoms with E-state index in [1.807, 2.05) is 0 Å². The van der Waals surface area contributed by atoms with Gasteiger partial charge >= 0.3 is 0 Å². The molecule has 0 aliphatic heterocycles. The molecule has 1 aromatic rings. The quantitative estimate of drug-likeness (QED) is 0.416. The van der Waals surface area contributed by atoms with E-state index in [0.29, 0.717) is 11.5 Å². The Morgan fingerprint density at radius 1 is 1.00 bits per heavy atom. The second-order valence-corrected chi connectivity index (χ2v) is 6.81. The Bertz CT molecular complexity index is 531. The second kappa shape index (κ2) is 9.71. The highest BCUT2D eigenvalue weighted by atomic mass is 19.1. The molecular formula is C21H28F2. The third-order valence-corrected chi connectivity index (χ3v) is 4.90. The predicted molar refractivity (Wildman–Crippen MR) is 92.1 cm³/mol. The van der Waals surface area contributed by atoms with Crippen LogP contribution in [0.15, 0.2) is 18.2 Å². The topological polar surface area (TPSA) is 0 Å². The van der Waals surface area contributed by atoms with Gasteiger partial charge in [-0.05, 0) is 43.7 Å². The van der Waals surface area contributed by atoms with Crippen molar-refractivity contribution >= 4 is 0 Å². The van der Waals surface area contributed by atoms with Crippen LogP contribution in [-0.2, 0) is 0 Å². The van der Waals surface area contributed by atoms with Crippen LogP contribution in [0.5, 0.6) is 0 Å². The molecule has 1 aromatic carbocycles. The van der Waals surface area contributed by atoms with E-state index in [-0.39, 0.29) is 0 Å². The number of halogens is 2. The standard InChI is InChI=1S/C21H28F2/c1-2-3-4-5-6-7-17-8-10-18(11-9-17)12-13-19-14-15-20(22)16-21(19)23/h14-18H,2-11H2,1H3. The summed E-state index contributed by atoms with van der Waals surface area (Å²) in [4.78, 5) is 0. The van der Waals surface area contributed by atoms with Crippen LogP contribution in [0.2, 0.25) is 0 Å². The SMILES string of the molecule is CCCCCCCC1CCC(C#Cc2ccc(F)cc2F)CC1. The summed E-state index contributed by atoms with van der Waals surface area (Å²) in [5, 5.41) is 0. The minimum Gasteiger partial charge on any atom is -0.207 e. The van der Waals surface area contributed by atoms with Gasteiger partial charge in [0.05, 0.1) is 5.56 Å². The molecule has 0 radical (unpaired) electrons. The van der Waals surface area contributed by atoms with Crippen LogP contribution in [-0.4, -0.2) is 0 Å². The van der Waals surface area contributed by atoms with Crippen molar-refractivity contribution in [3.8, 4) is 11.8 Å². The average molecular weight is 318 g/mol. The maximum atomic E-state index is 13.6. The zero-order valence-electron chi connectivity index (χ0n) is 14.2. The van der Waals surface area contributed by atoms with Crippen molar-refractivity contribution in [2.45, 2.75) is 71.1 Å². The lowest BCUT2D eigenvalue weighted by molar-refractivity contribution is 0.294. The summed E-state index contributed by atoms with van der Waals surface area (Å²) in [6.07, 6.45) is 12.9. The third kappa shape index (κ3) is 6.34. The van der Waals surface area contributed by atoms with Crippen LogP contribution >= 0.6 is 0 Å². The Morgan fingerprint density at radius 3 is 2.43 bits per heavy atom. The second-order valence-electron chi connectivity index (χ2n) is 6.81. The first-order chi connectivity index (χ1) is 11.2. The normalized spacial score (nSPS) is 20.8. The van der Waals surface area contributed by atoms with Crippen molar-refractivity contribution < 1.29 is 8.78 Å².